The van der Waals surface area contributed by atoms with Crippen molar-refractivity contribution in [2.24, 2.45) is 46.3 Å². The highest BCUT2D eigenvalue weighted by atomic mass is 16.6. The molecule has 0 spiro atoms. The summed E-state index contributed by atoms with van der Waals surface area (Å²) >= 11 is 0. The number of hydrogen-bond acceptors (Lipinski definition) is 7. The van der Waals surface area contributed by atoms with E-state index < -0.39 is 18.0 Å². The van der Waals surface area contributed by atoms with Crippen LogP contribution in [0.2, 0.25) is 0 Å². The molecule has 0 radical (unpaired) electrons. The maximum Gasteiger partial charge on any atom is 0.407 e. The number of nitrogens with zero attached hydrogens (tertiary/aromatic N) is 1. The SMILES string of the molecule is CCCCCCCCCCCCCCCCCCNC(=O)CC[C@@H](C)[C@H]1CCC2C3CC[C@@H]4C[C@H](OC(=O)NCCCCCC(=O)N5C[C@H](OC(=O)CCC(=O)O)C[C@H]5C)CC[C@]4(C)C3CC[C@@]21C. The largest absolute Gasteiger partial charge is 0.481 e. The van der Waals surface area contributed by atoms with E-state index in [-0.39, 0.29) is 42.9 Å². The highest BCUT2D eigenvalue weighted by molar-refractivity contribution is 5.78. The summed E-state index contributed by atoms with van der Waals surface area (Å²) in [7, 11) is 0. The number of ether oxygens (including phenoxy) is 2. The summed E-state index contributed by atoms with van der Waals surface area (Å²) in [6.45, 7) is 13.6. The number of rotatable bonds is 32. The van der Waals surface area contributed by atoms with E-state index >= 15 is 0 Å². The Morgan fingerprint density at radius 3 is 1.87 bits per heavy atom. The molecule has 0 aromatic rings. The molecule has 3 amide bonds. The molecule has 11 atom stereocenters. The van der Waals surface area contributed by atoms with E-state index in [1.165, 1.54) is 135 Å². The molecule has 1 saturated heterocycles. The highest BCUT2D eigenvalue weighted by Gasteiger charge is 2.60. The third-order valence-electron chi connectivity index (χ3n) is 18.9. The number of alkyl carbamates (subject to hydrolysis) is 1. The van der Waals surface area contributed by atoms with E-state index in [9.17, 15) is 24.0 Å². The standard InChI is InChI=1S/C58H101N3O8/c1-6-7-8-9-10-11-12-13-14-15-16-17-18-19-20-23-38-59-52(62)31-26-43(2)49-29-30-50-48-28-27-45-41-46(34-36-57(45,4)51(48)35-37-58(49,50)5)69-56(67)60-39-24-21-22-25-53(63)61-42-47(40-44(61)3)68-55(66)33-32-54(64)65/h43-51H,6-42H2,1-5H3,(H,59,62)(H,60,67)(H,64,65)/t43-,44-,45-,46-,47-,48?,49-,50?,51?,57+,58-/m1/s1. The van der Waals surface area contributed by atoms with Gasteiger partial charge in [-0.05, 0) is 137 Å². The number of likely N-dealkylation sites (tertiary alicyclic amines) is 1. The monoisotopic (exact) mass is 968 g/mol. The molecule has 1 heterocycles. The van der Waals surface area contributed by atoms with E-state index in [0.29, 0.717) is 67.4 Å². The van der Waals surface area contributed by atoms with Crippen molar-refractivity contribution in [3.05, 3.63) is 0 Å². The van der Waals surface area contributed by atoms with Crippen molar-refractivity contribution < 1.29 is 38.6 Å². The second-order valence-electron chi connectivity index (χ2n) is 23.7. The Morgan fingerprint density at radius 1 is 0.623 bits per heavy atom. The Balaban J connectivity index is 0.892. The maximum atomic E-state index is 12.9. The number of nitrogens with one attached hydrogen (secondary N) is 2. The smallest absolute Gasteiger partial charge is 0.407 e. The lowest BCUT2D eigenvalue weighted by atomic mass is 9.44. The summed E-state index contributed by atoms with van der Waals surface area (Å²) in [5.41, 5.74) is 0.689. The molecular weight excluding hydrogens is 867 g/mol. The zero-order valence-electron chi connectivity index (χ0n) is 44.6. The van der Waals surface area contributed by atoms with Crippen LogP contribution in [-0.2, 0) is 28.7 Å². The van der Waals surface area contributed by atoms with Crippen molar-refractivity contribution in [3.8, 4) is 0 Å². The summed E-state index contributed by atoms with van der Waals surface area (Å²) in [4.78, 5) is 63.2. The van der Waals surface area contributed by atoms with E-state index in [2.05, 4.69) is 38.3 Å². The first-order chi connectivity index (χ1) is 33.2. The van der Waals surface area contributed by atoms with Crippen LogP contribution >= 0.6 is 0 Å². The first-order valence-corrected chi connectivity index (χ1v) is 29.2. The Labute approximate surface area is 419 Å². The van der Waals surface area contributed by atoms with E-state index in [0.717, 1.165) is 69.2 Å². The van der Waals surface area contributed by atoms with Crippen LogP contribution in [0.5, 0.6) is 0 Å². The van der Waals surface area contributed by atoms with Gasteiger partial charge in [0.2, 0.25) is 11.8 Å². The molecule has 3 N–H and O–H groups in total. The van der Waals surface area contributed by atoms with Crippen LogP contribution in [0.4, 0.5) is 4.79 Å². The molecule has 11 heteroatoms. The van der Waals surface area contributed by atoms with Gasteiger partial charge < -0.3 is 30.1 Å². The van der Waals surface area contributed by atoms with E-state index in [1.54, 1.807) is 4.90 Å². The van der Waals surface area contributed by atoms with E-state index in [1.807, 2.05) is 6.92 Å². The second-order valence-corrected chi connectivity index (χ2v) is 23.7. The number of hydrogen-bond donors (Lipinski definition) is 3. The number of amides is 3. The maximum absolute atomic E-state index is 12.9. The molecule has 5 aliphatic rings. The van der Waals surface area contributed by atoms with Crippen LogP contribution in [0.1, 0.15) is 253 Å². The number of carboxylic acid groups (broad SMARTS) is 1. The summed E-state index contributed by atoms with van der Waals surface area (Å²) in [5.74, 6) is 2.92. The minimum atomic E-state index is -1.04. The number of unbranched alkanes of at least 4 members (excludes halogenated alkanes) is 17. The number of fused-ring (bicyclic) bond motifs is 5. The number of carboxylic acids is 1. The fraction of sp³-hybridized carbons (Fsp3) is 0.914. The van der Waals surface area contributed by atoms with Crippen molar-refractivity contribution in [2.45, 2.75) is 271 Å². The number of carbonyl (C=O) groups excluding carboxylic acids is 4. The average Bonchev–Trinajstić information content (AvgIpc) is 3.88. The van der Waals surface area contributed by atoms with Gasteiger partial charge in [-0.2, -0.15) is 0 Å². The zero-order valence-corrected chi connectivity index (χ0v) is 44.6. The lowest BCUT2D eigenvalue weighted by Crippen LogP contribution is -2.54. The predicted octanol–water partition coefficient (Wildman–Crippen LogP) is 13.5. The topological polar surface area (TPSA) is 151 Å². The molecule has 0 bridgehead atoms. The van der Waals surface area contributed by atoms with Gasteiger partial charge in [0.1, 0.15) is 12.2 Å². The molecule has 1 aliphatic heterocycles. The Kier molecular flexibility index (Phi) is 24.5. The van der Waals surface area contributed by atoms with Crippen LogP contribution in [0.15, 0.2) is 0 Å². The van der Waals surface area contributed by atoms with Gasteiger partial charge in [0, 0.05) is 38.4 Å². The summed E-state index contributed by atoms with van der Waals surface area (Å²) in [6.07, 6.45) is 36.5. The molecule has 4 saturated carbocycles. The fourth-order valence-electron chi connectivity index (χ4n) is 14.8. The van der Waals surface area contributed by atoms with Gasteiger partial charge in [-0.1, -0.05) is 130 Å². The van der Waals surface area contributed by atoms with Crippen LogP contribution < -0.4 is 10.6 Å². The molecular formula is C58H101N3O8. The predicted molar refractivity (Wildman–Crippen MR) is 275 cm³/mol. The molecule has 5 fully saturated rings. The normalized spacial score (nSPS) is 29.9. The summed E-state index contributed by atoms with van der Waals surface area (Å²) in [6, 6.07) is -0.0349. The summed E-state index contributed by atoms with van der Waals surface area (Å²) < 4.78 is 11.5. The van der Waals surface area contributed by atoms with Gasteiger partial charge in [-0.25, -0.2) is 4.79 Å². The average molecular weight is 968 g/mol. The van der Waals surface area contributed by atoms with Crippen molar-refractivity contribution in [3.63, 3.8) is 0 Å². The molecule has 69 heavy (non-hydrogen) atoms. The molecule has 3 unspecified atom stereocenters. The van der Waals surface area contributed by atoms with Crippen LogP contribution in [0.3, 0.4) is 0 Å². The third kappa shape index (κ3) is 17.7. The second kappa shape index (κ2) is 29.6. The van der Waals surface area contributed by atoms with Crippen LogP contribution in [0, 0.1) is 46.3 Å². The number of esters is 1. The number of carbonyl (C=O) groups is 5. The van der Waals surface area contributed by atoms with Crippen molar-refractivity contribution in [2.75, 3.05) is 19.6 Å². The molecule has 0 aromatic carbocycles. The van der Waals surface area contributed by atoms with Crippen molar-refractivity contribution in [1.29, 1.82) is 0 Å². The first kappa shape index (κ1) is 57.1. The highest BCUT2D eigenvalue weighted by Crippen LogP contribution is 2.68. The van der Waals surface area contributed by atoms with Crippen molar-refractivity contribution in [1.82, 2.24) is 15.5 Å². The van der Waals surface area contributed by atoms with Crippen molar-refractivity contribution >= 4 is 29.8 Å². The first-order valence-electron chi connectivity index (χ1n) is 29.2. The molecule has 4 aliphatic carbocycles. The fourth-order valence-corrected chi connectivity index (χ4v) is 14.8. The molecule has 396 valence electrons. The number of aliphatic carboxylic acids is 1. The van der Waals surface area contributed by atoms with E-state index in [4.69, 9.17) is 14.6 Å². The van der Waals surface area contributed by atoms with Gasteiger partial charge >= 0.3 is 18.0 Å². The lowest BCUT2D eigenvalue weighted by Gasteiger charge is -2.61. The Hall–Kier alpha value is -2.85. The van der Waals surface area contributed by atoms with Gasteiger partial charge in [0.15, 0.2) is 0 Å². The van der Waals surface area contributed by atoms with Gasteiger partial charge in [-0.3, -0.25) is 19.2 Å². The quantitative estimate of drug-likeness (QED) is 0.0445. The third-order valence-corrected chi connectivity index (χ3v) is 18.9. The lowest BCUT2D eigenvalue weighted by molar-refractivity contribution is -0.152. The minimum absolute atomic E-state index is 0.0309. The Morgan fingerprint density at radius 2 is 1.22 bits per heavy atom. The summed E-state index contributed by atoms with van der Waals surface area (Å²) in [5, 5.41) is 15.0. The zero-order chi connectivity index (χ0) is 49.7. The van der Waals surface area contributed by atoms with Gasteiger partial charge in [0.25, 0.3) is 0 Å². The van der Waals surface area contributed by atoms with Gasteiger partial charge in [-0.15, -0.1) is 0 Å². The van der Waals surface area contributed by atoms with Crippen LogP contribution in [-0.4, -0.2) is 77.7 Å². The van der Waals surface area contributed by atoms with Gasteiger partial charge in [0.05, 0.1) is 19.4 Å². The minimum Gasteiger partial charge on any atom is -0.481 e. The van der Waals surface area contributed by atoms with Crippen LogP contribution in [0.25, 0.3) is 0 Å². The molecule has 0 aromatic heterocycles. The molecule has 11 nitrogen and oxygen atoms in total. The molecule has 5 rings (SSSR count). The Bertz CT molecular complexity index is 1570.